The van der Waals surface area contributed by atoms with Gasteiger partial charge in [-0.3, -0.25) is 0 Å². The van der Waals surface area contributed by atoms with Crippen molar-refractivity contribution in [3.63, 3.8) is 0 Å². The molecule has 1 aromatic rings. The lowest BCUT2D eigenvalue weighted by molar-refractivity contribution is 0.424. The van der Waals surface area contributed by atoms with E-state index in [9.17, 15) is 0 Å². The van der Waals surface area contributed by atoms with Gasteiger partial charge in [0.1, 0.15) is 5.82 Å². The molecule has 0 spiro atoms. The highest BCUT2D eigenvalue weighted by Crippen LogP contribution is 2.36. The number of hydrogen-bond donors (Lipinski definition) is 1. The quantitative estimate of drug-likeness (QED) is 0.830. The first-order valence-electron chi connectivity index (χ1n) is 8.45. The van der Waals surface area contributed by atoms with Crippen molar-refractivity contribution in [2.24, 2.45) is 11.8 Å². The molecule has 0 atom stereocenters. The molecule has 1 aromatic heterocycles. The molecule has 0 unspecified atom stereocenters. The molecule has 0 aromatic carbocycles. The Morgan fingerprint density at radius 3 is 2.29 bits per heavy atom. The molecule has 0 aliphatic heterocycles. The minimum absolute atomic E-state index is 0.144. The standard InChI is InChI=1S/C18H29N3/c1-18(2,3)20-11-16-5-4-10-19-17(16)21(12-14-6-7-14)13-15-8-9-15/h4-5,10,14-15,20H,6-9,11-13H2,1-3H3. The van der Waals surface area contributed by atoms with Crippen molar-refractivity contribution < 1.29 is 0 Å². The molecule has 3 rings (SSSR count). The predicted octanol–water partition coefficient (Wildman–Crippen LogP) is 3.60. The first kappa shape index (κ1) is 14.8. The molecule has 0 saturated heterocycles. The number of rotatable bonds is 7. The van der Waals surface area contributed by atoms with Gasteiger partial charge < -0.3 is 10.2 Å². The predicted molar refractivity (Wildman–Crippen MR) is 88.5 cm³/mol. The molecule has 2 saturated carbocycles. The minimum atomic E-state index is 0.144. The Bertz CT molecular complexity index is 456. The lowest BCUT2D eigenvalue weighted by Crippen LogP contribution is -2.36. The first-order valence-corrected chi connectivity index (χ1v) is 8.45. The van der Waals surface area contributed by atoms with E-state index >= 15 is 0 Å². The highest BCUT2D eigenvalue weighted by molar-refractivity contribution is 5.47. The van der Waals surface area contributed by atoms with Crippen LogP contribution in [0.15, 0.2) is 18.3 Å². The fraction of sp³-hybridized carbons (Fsp3) is 0.722. The molecule has 2 fully saturated rings. The Kier molecular flexibility index (Phi) is 4.21. The van der Waals surface area contributed by atoms with Gasteiger partial charge in [-0.2, -0.15) is 0 Å². The summed E-state index contributed by atoms with van der Waals surface area (Å²) in [6.07, 6.45) is 7.57. The molecule has 0 radical (unpaired) electrons. The van der Waals surface area contributed by atoms with Crippen LogP contribution in [0.4, 0.5) is 5.82 Å². The Morgan fingerprint density at radius 2 is 1.76 bits per heavy atom. The van der Waals surface area contributed by atoms with E-state index in [1.54, 1.807) is 0 Å². The molecule has 2 aliphatic rings. The molecular formula is C18H29N3. The lowest BCUT2D eigenvalue weighted by Gasteiger charge is -2.27. The van der Waals surface area contributed by atoms with Crippen LogP contribution >= 0.6 is 0 Å². The second-order valence-corrected chi connectivity index (χ2v) is 7.88. The monoisotopic (exact) mass is 287 g/mol. The largest absolute Gasteiger partial charge is 0.356 e. The van der Waals surface area contributed by atoms with Gasteiger partial charge in [0.05, 0.1) is 0 Å². The third-order valence-corrected chi connectivity index (χ3v) is 4.33. The maximum Gasteiger partial charge on any atom is 0.133 e. The van der Waals surface area contributed by atoms with E-state index in [1.807, 2.05) is 6.20 Å². The van der Waals surface area contributed by atoms with Crippen LogP contribution in [0.25, 0.3) is 0 Å². The highest BCUT2D eigenvalue weighted by Gasteiger charge is 2.30. The van der Waals surface area contributed by atoms with Gasteiger partial charge in [0.25, 0.3) is 0 Å². The molecule has 0 amide bonds. The summed E-state index contributed by atoms with van der Waals surface area (Å²) in [7, 11) is 0. The van der Waals surface area contributed by atoms with E-state index in [0.717, 1.165) is 18.4 Å². The zero-order valence-corrected chi connectivity index (χ0v) is 13.7. The van der Waals surface area contributed by atoms with E-state index in [0.29, 0.717) is 0 Å². The lowest BCUT2D eigenvalue weighted by atomic mass is 10.1. The first-order chi connectivity index (χ1) is 10.0. The average molecular weight is 287 g/mol. The summed E-state index contributed by atoms with van der Waals surface area (Å²) in [4.78, 5) is 7.29. The second-order valence-electron chi connectivity index (χ2n) is 7.88. The van der Waals surface area contributed by atoms with Crippen LogP contribution in [-0.2, 0) is 6.54 Å². The van der Waals surface area contributed by atoms with Gasteiger partial charge in [-0.15, -0.1) is 0 Å². The smallest absolute Gasteiger partial charge is 0.133 e. The molecule has 1 N–H and O–H groups in total. The Hall–Kier alpha value is -1.09. The normalized spacial score (nSPS) is 18.8. The highest BCUT2D eigenvalue weighted by atomic mass is 15.2. The number of pyridine rings is 1. The van der Waals surface area contributed by atoms with Crippen molar-refractivity contribution in [3.8, 4) is 0 Å². The van der Waals surface area contributed by atoms with E-state index in [2.05, 4.69) is 43.1 Å². The number of aromatic nitrogens is 1. The second kappa shape index (κ2) is 5.96. The van der Waals surface area contributed by atoms with Crippen LogP contribution in [0.2, 0.25) is 0 Å². The molecule has 116 valence electrons. The molecule has 0 bridgehead atoms. The Labute approximate surface area is 129 Å². The zero-order valence-electron chi connectivity index (χ0n) is 13.7. The number of nitrogens with zero attached hydrogens (tertiary/aromatic N) is 2. The van der Waals surface area contributed by atoms with Gasteiger partial charge in [-0.05, 0) is 64.4 Å². The Morgan fingerprint density at radius 1 is 1.14 bits per heavy atom. The maximum atomic E-state index is 4.73. The van der Waals surface area contributed by atoms with Crippen molar-refractivity contribution in [1.29, 1.82) is 0 Å². The van der Waals surface area contributed by atoms with Crippen LogP contribution in [0.5, 0.6) is 0 Å². The summed E-state index contributed by atoms with van der Waals surface area (Å²) in [5, 5.41) is 3.60. The van der Waals surface area contributed by atoms with Gasteiger partial charge in [0, 0.05) is 36.9 Å². The van der Waals surface area contributed by atoms with Crippen LogP contribution in [-0.4, -0.2) is 23.6 Å². The summed E-state index contributed by atoms with van der Waals surface area (Å²) >= 11 is 0. The van der Waals surface area contributed by atoms with Gasteiger partial charge in [-0.25, -0.2) is 4.98 Å². The fourth-order valence-electron chi connectivity index (χ4n) is 2.69. The maximum absolute atomic E-state index is 4.73. The summed E-state index contributed by atoms with van der Waals surface area (Å²) in [6, 6.07) is 4.30. The van der Waals surface area contributed by atoms with Crippen molar-refractivity contribution in [3.05, 3.63) is 23.9 Å². The van der Waals surface area contributed by atoms with Crippen LogP contribution in [0.3, 0.4) is 0 Å². The zero-order chi connectivity index (χ0) is 14.9. The van der Waals surface area contributed by atoms with Crippen molar-refractivity contribution in [2.45, 2.75) is 58.5 Å². The van der Waals surface area contributed by atoms with E-state index in [4.69, 9.17) is 4.98 Å². The molecule has 3 heteroatoms. The van der Waals surface area contributed by atoms with Crippen molar-refractivity contribution in [2.75, 3.05) is 18.0 Å². The number of anilines is 1. The van der Waals surface area contributed by atoms with Crippen LogP contribution < -0.4 is 10.2 Å². The fourth-order valence-corrected chi connectivity index (χ4v) is 2.69. The van der Waals surface area contributed by atoms with Crippen molar-refractivity contribution >= 4 is 5.82 Å². The van der Waals surface area contributed by atoms with Crippen LogP contribution in [0.1, 0.15) is 52.0 Å². The number of nitrogens with one attached hydrogen (secondary N) is 1. The number of hydrogen-bond acceptors (Lipinski definition) is 3. The SMILES string of the molecule is CC(C)(C)NCc1cccnc1N(CC1CC1)CC1CC1. The summed E-state index contributed by atoms with van der Waals surface area (Å²) < 4.78 is 0. The molecular weight excluding hydrogens is 258 g/mol. The van der Waals surface area contributed by atoms with E-state index in [1.165, 1.54) is 50.2 Å². The average Bonchev–Trinajstić information content (AvgIpc) is 3.30. The summed E-state index contributed by atoms with van der Waals surface area (Å²) in [5.74, 6) is 3.04. The van der Waals surface area contributed by atoms with E-state index in [-0.39, 0.29) is 5.54 Å². The third-order valence-electron chi connectivity index (χ3n) is 4.33. The van der Waals surface area contributed by atoms with Gasteiger partial charge >= 0.3 is 0 Å². The van der Waals surface area contributed by atoms with Crippen LogP contribution in [0, 0.1) is 11.8 Å². The minimum Gasteiger partial charge on any atom is -0.356 e. The molecule has 1 heterocycles. The topological polar surface area (TPSA) is 28.2 Å². The molecule has 21 heavy (non-hydrogen) atoms. The third kappa shape index (κ3) is 4.70. The summed E-state index contributed by atoms with van der Waals surface area (Å²) in [6.45, 7) is 9.96. The Balaban J connectivity index is 1.73. The van der Waals surface area contributed by atoms with E-state index < -0.39 is 0 Å². The van der Waals surface area contributed by atoms with Crippen molar-refractivity contribution in [1.82, 2.24) is 10.3 Å². The molecule has 2 aliphatic carbocycles. The summed E-state index contributed by atoms with van der Waals surface area (Å²) in [5.41, 5.74) is 1.49. The van der Waals surface area contributed by atoms with Gasteiger partial charge in [0.15, 0.2) is 0 Å². The van der Waals surface area contributed by atoms with Gasteiger partial charge in [0.2, 0.25) is 0 Å². The molecule has 3 nitrogen and oxygen atoms in total. The van der Waals surface area contributed by atoms with Gasteiger partial charge in [-0.1, -0.05) is 6.07 Å².